The molecule has 2 aliphatic carbocycles. The molecule has 0 amide bonds. The summed E-state index contributed by atoms with van der Waals surface area (Å²) in [6.07, 6.45) is 10.2. The van der Waals surface area contributed by atoms with Gasteiger partial charge in [0.2, 0.25) is 0 Å². The van der Waals surface area contributed by atoms with Gasteiger partial charge in [-0.3, -0.25) is 0 Å². The van der Waals surface area contributed by atoms with Gasteiger partial charge in [0, 0.05) is 0 Å². The molecule has 4 unspecified atom stereocenters. The third-order valence-corrected chi connectivity index (χ3v) is 5.90. The van der Waals surface area contributed by atoms with Crippen molar-refractivity contribution in [3.05, 3.63) is 0 Å². The molecule has 0 spiro atoms. The summed E-state index contributed by atoms with van der Waals surface area (Å²) in [4.78, 5) is 0. The topological polar surface area (TPSA) is 27.7 Å². The summed E-state index contributed by atoms with van der Waals surface area (Å²) >= 11 is 5.58. The smallest absolute Gasteiger partial charge is 0.308 e. The maximum Gasteiger partial charge on any atom is 0.351 e. The molecule has 112 valence electrons. The van der Waals surface area contributed by atoms with E-state index in [4.69, 9.17) is 25.0 Å². The zero-order valence-corrected chi connectivity index (χ0v) is 13.7. The van der Waals surface area contributed by atoms with E-state index in [9.17, 15) is 0 Å². The molecule has 2 saturated carbocycles. The van der Waals surface area contributed by atoms with Crippen LogP contribution in [0, 0.1) is 11.8 Å². The van der Waals surface area contributed by atoms with Crippen LogP contribution in [0.15, 0.2) is 0 Å². The van der Waals surface area contributed by atoms with Crippen LogP contribution in [-0.4, -0.2) is 12.2 Å². The summed E-state index contributed by atoms with van der Waals surface area (Å²) in [6, 6.07) is 0. The highest BCUT2D eigenvalue weighted by atomic mass is 35.5. The van der Waals surface area contributed by atoms with Crippen LogP contribution >= 0.6 is 20.5 Å². The molecule has 2 aliphatic rings. The van der Waals surface area contributed by atoms with E-state index in [1.807, 2.05) is 0 Å². The van der Waals surface area contributed by atoms with Gasteiger partial charge in [0.1, 0.15) is 0 Å². The van der Waals surface area contributed by atoms with Crippen molar-refractivity contribution in [2.75, 3.05) is 0 Å². The van der Waals surface area contributed by atoms with E-state index in [0.29, 0.717) is 11.8 Å². The molecule has 0 N–H and O–H groups in total. The Morgan fingerprint density at radius 1 is 0.789 bits per heavy atom. The predicted molar refractivity (Wildman–Crippen MR) is 78.9 cm³/mol. The first-order valence-corrected chi connectivity index (χ1v) is 9.03. The highest BCUT2D eigenvalue weighted by Gasteiger charge is 2.31. The van der Waals surface area contributed by atoms with Gasteiger partial charge in [-0.25, -0.2) is 0 Å². The second-order valence-corrected chi connectivity index (χ2v) is 7.52. The fraction of sp³-hybridized carbons (Fsp3) is 1.00. The first-order valence-electron chi connectivity index (χ1n) is 7.63. The zero-order chi connectivity index (χ0) is 13.7. The van der Waals surface area contributed by atoms with E-state index in [1.54, 1.807) is 0 Å². The first kappa shape index (κ1) is 16.0. The second kappa shape index (κ2) is 8.14. The zero-order valence-electron chi connectivity index (χ0n) is 12.0. The van der Waals surface area contributed by atoms with Crippen LogP contribution < -0.4 is 0 Å². The molecular weight excluding hydrogens is 283 g/mol. The highest BCUT2D eigenvalue weighted by molar-refractivity contribution is 7.42. The summed E-state index contributed by atoms with van der Waals surface area (Å²) in [6.45, 7) is 4.49. The third-order valence-electron chi connectivity index (χ3n) is 4.56. The van der Waals surface area contributed by atoms with Gasteiger partial charge < -0.3 is 9.05 Å². The lowest BCUT2D eigenvalue weighted by molar-refractivity contribution is 0.0403. The molecule has 3 nitrogen and oxygen atoms in total. The molecule has 2 fully saturated rings. The minimum Gasteiger partial charge on any atom is -0.308 e. The van der Waals surface area contributed by atoms with Crippen LogP contribution in [0.2, 0.25) is 0 Å². The van der Waals surface area contributed by atoms with Crippen LogP contribution in [0.5, 0.6) is 0 Å². The van der Waals surface area contributed by atoms with Crippen molar-refractivity contribution in [2.24, 2.45) is 11.8 Å². The van der Waals surface area contributed by atoms with Crippen LogP contribution in [-0.2, 0) is 13.1 Å². The number of rotatable bonds is 5. The molecule has 0 aromatic rings. The van der Waals surface area contributed by atoms with E-state index in [0.717, 1.165) is 12.8 Å². The minimum atomic E-state index is -1.39. The monoisotopic (exact) mass is 308 g/mol. The molecule has 0 aliphatic heterocycles. The van der Waals surface area contributed by atoms with Crippen LogP contribution in [0.25, 0.3) is 0 Å². The molecule has 0 aromatic heterocycles. The fourth-order valence-electron chi connectivity index (χ4n) is 3.16. The molecule has 0 radical (unpaired) electrons. The predicted octanol–water partition coefficient (Wildman–Crippen LogP) is 5.57. The Morgan fingerprint density at radius 3 is 1.58 bits per heavy atom. The van der Waals surface area contributed by atoms with Gasteiger partial charge in [0.15, 0.2) is 0 Å². The molecular formula is C14H26ClO3P. The summed E-state index contributed by atoms with van der Waals surface area (Å²) < 4.78 is 16.9. The Labute approximate surface area is 123 Å². The molecule has 5 heteroatoms. The van der Waals surface area contributed by atoms with Crippen molar-refractivity contribution in [2.45, 2.75) is 77.4 Å². The average molecular weight is 309 g/mol. The van der Waals surface area contributed by atoms with Crippen molar-refractivity contribution in [1.82, 2.24) is 0 Å². The molecule has 19 heavy (non-hydrogen) atoms. The maximum atomic E-state index is 5.99. The summed E-state index contributed by atoms with van der Waals surface area (Å²) in [5, 5.41) is 0. The van der Waals surface area contributed by atoms with E-state index in [2.05, 4.69) is 13.8 Å². The molecule has 0 bridgehead atoms. The minimum absolute atomic E-state index is 0.248. The Bertz CT molecular complexity index is 243. The first-order chi connectivity index (χ1) is 9.20. The number of hydrogen-bond donors (Lipinski definition) is 0. The van der Waals surface area contributed by atoms with Crippen LogP contribution in [0.1, 0.15) is 65.2 Å². The largest absolute Gasteiger partial charge is 0.351 e. The lowest BCUT2D eigenvalue weighted by Gasteiger charge is -2.33. The average Bonchev–Trinajstić information content (AvgIpc) is 2.42. The van der Waals surface area contributed by atoms with Gasteiger partial charge in [0.05, 0.1) is 24.1 Å². The molecule has 2 rings (SSSR count). The van der Waals surface area contributed by atoms with Crippen molar-refractivity contribution >= 4 is 20.5 Å². The Morgan fingerprint density at radius 2 is 1.21 bits per heavy atom. The van der Waals surface area contributed by atoms with Gasteiger partial charge in [-0.1, -0.05) is 39.5 Å². The lowest BCUT2D eigenvalue weighted by Crippen LogP contribution is -2.27. The summed E-state index contributed by atoms with van der Waals surface area (Å²) in [7, 11) is -1.39. The normalized spacial score (nSPS) is 38.1. The van der Waals surface area contributed by atoms with Crippen molar-refractivity contribution in [1.29, 1.82) is 0 Å². The third kappa shape index (κ3) is 4.82. The van der Waals surface area contributed by atoms with Gasteiger partial charge in [-0.15, -0.1) is 0 Å². The van der Waals surface area contributed by atoms with Crippen molar-refractivity contribution < 1.29 is 13.1 Å². The van der Waals surface area contributed by atoms with Crippen molar-refractivity contribution in [3.63, 3.8) is 0 Å². The van der Waals surface area contributed by atoms with Gasteiger partial charge >= 0.3 is 8.60 Å². The molecule has 4 atom stereocenters. The second-order valence-electron chi connectivity index (χ2n) is 6.10. The van der Waals surface area contributed by atoms with E-state index < -0.39 is 8.60 Å². The van der Waals surface area contributed by atoms with Crippen LogP contribution in [0.4, 0.5) is 0 Å². The number of halogens is 1. The van der Waals surface area contributed by atoms with Gasteiger partial charge in [0.25, 0.3) is 0 Å². The quantitative estimate of drug-likeness (QED) is 0.621. The Kier molecular flexibility index (Phi) is 6.85. The molecule has 0 aromatic carbocycles. The van der Waals surface area contributed by atoms with Gasteiger partial charge in [-0.05, 0) is 37.5 Å². The van der Waals surface area contributed by atoms with E-state index in [-0.39, 0.29) is 12.2 Å². The fourth-order valence-corrected chi connectivity index (χ4v) is 4.53. The maximum absolute atomic E-state index is 5.99. The van der Waals surface area contributed by atoms with E-state index in [1.165, 1.54) is 38.5 Å². The Balaban J connectivity index is 1.81. The molecule has 0 heterocycles. The Hall–Kier alpha value is 0.600. The van der Waals surface area contributed by atoms with Crippen LogP contribution in [0.3, 0.4) is 0 Å². The lowest BCUT2D eigenvalue weighted by atomic mass is 9.88. The summed E-state index contributed by atoms with van der Waals surface area (Å²) in [5.74, 6) is 1.16. The van der Waals surface area contributed by atoms with Crippen molar-refractivity contribution in [3.8, 4) is 0 Å². The standard InChI is InChI=1S/C14H26ClO3P/c1-11-7-3-5-9-13(11)16-19(18-15)17-14-10-6-4-8-12(14)2/h11-14H,3-10H2,1-2H3. The molecule has 0 saturated heterocycles. The SMILES string of the molecule is CC1CCCCC1OP(OCl)OC1CCCCC1C. The van der Waals surface area contributed by atoms with Gasteiger partial charge in [-0.2, -0.15) is 4.08 Å². The summed E-state index contributed by atoms with van der Waals surface area (Å²) in [5.41, 5.74) is 0. The van der Waals surface area contributed by atoms with E-state index >= 15 is 0 Å². The highest BCUT2D eigenvalue weighted by Crippen LogP contribution is 2.49. The number of hydrogen-bond acceptors (Lipinski definition) is 3.